The van der Waals surface area contributed by atoms with Crippen molar-refractivity contribution >= 4 is 11.6 Å². The zero-order chi connectivity index (χ0) is 28.2. The number of aromatic nitrogens is 3. The Balaban J connectivity index is 1.32. The number of alkyl halides is 3. The highest BCUT2D eigenvalue weighted by Gasteiger charge is 2.42. The number of anilines is 1. The summed E-state index contributed by atoms with van der Waals surface area (Å²) in [6.07, 6.45) is 1.60. The van der Waals surface area contributed by atoms with E-state index in [0.717, 1.165) is 43.5 Å². The van der Waals surface area contributed by atoms with Crippen LogP contribution in [0.4, 0.5) is 18.9 Å². The molecule has 6 rings (SSSR count). The van der Waals surface area contributed by atoms with Gasteiger partial charge in [0, 0.05) is 42.2 Å². The van der Waals surface area contributed by atoms with Gasteiger partial charge in [-0.2, -0.15) is 18.4 Å². The second-order valence-electron chi connectivity index (χ2n) is 11.8. The summed E-state index contributed by atoms with van der Waals surface area (Å²) in [4.78, 5) is 15.1. The molecular formula is C30H31F3N6O. The molecule has 7 nitrogen and oxygen atoms in total. The Kier molecular flexibility index (Phi) is 6.45. The van der Waals surface area contributed by atoms with Crippen molar-refractivity contribution in [3.63, 3.8) is 0 Å². The van der Waals surface area contributed by atoms with Crippen LogP contribution in [0.3, 0.4) is 0 Å². The van der Waals surface area contributed by atoms with E-state index in [1.165, 1.54) is 11.0 Å². The van der Waals surface area contributed by atoms with Crippen LogP contribution in [0.1, 0.15) is 83.4 Å². The SMILES string of the molecule is Cn1cnnc1[C@@H](c1cccc(N2Cc3c(cc(CNC4(C)CCC4)cc3C(F)(F)F)C2=O)c1)[C@H]1C[C@H](C#N)C1. The highest BCUT2D eigenvalue weighted by molar-refractivity contribution is 6.10. The number of hydrogen-bond donors (Lipinski definition) is 1. The summed E-state index contributed by atoms with van der Waals surface area (Å²) >= 11 is 0. The van der Waals surface area contributed by atoms with E-state index in [1.54, 1.807) is 18.5 Å². The third-order valence-corrected chi connectivity index (χ3v) is 8.98. The van der Waals surface area contributed by atoms with Crippen LogP contribution in [0.5, 0.6) is 0 Å². The molecule has 10 heteroatoms. The number of carbonyl (C=O) groups is 1. The average molecular weight is 549 g/mol. The molecule has 3 aliphatic rings. The molecule has 0 radical (unpaired) electrons. The predicted molar refractivity (Wildman–Crippen MR) is 142 cm³/mol. The first kappa shape index (κ1) is 26.5. The number of benzene rings is 2. The van der Waals surface area contributed by atoms with Gasteiger partial charge in [0.25, 0.3) is 5.91 Å². The Hall–Kier alpha value is -3.71. The fraction of sp³-hybridized carbons (Fsp3) is 0.467. The second-order valence-corrected chi connectivity index (χ2v) is 11.8. The van der Waals surface area contributed by atoms with Gasteiger partial charge in [0.1, 0.15) is 12.2 Å². The van der Waals surface area contributed by atoms with E-state index in [-0.39, 0.29) is 47.5 Å². The van der Waals surface area contributed by atoms with Gasteiger partial charge in [-0.3, -0.25) is 4.79 Å². The molecule has 0 saturated heterocycles. The van der Waals surface area contributed by atoms with E-state index in [9.17, 15) is 23.2 Å². The zero-order valence-electron chi connectivity index (χ0n) is 22.5. The molecule has 1 atom stereocenters. The molecule has 2 aliphatic carbocycles. The van der Waals surface area contributed by atoms with E-state index >= 15 is 0 Å². The molecule has 2 aromatic carbocycles. The van der Waals surface area contributed by atoms with Gasteiger partial charge in [0.05, 0.1) is 18.2 Å². The third-order valence-electron chi connectivity index (χ3n) is 8.98. The Morgan fingerprint density at radius 1 is 1.23 bits per heavy atom. The van der Waals surface area contributed by atoms with Crippen LogP contribution in [0.25, 0.3) is 0 Å². The predicted octanol–water partition coefficient (Wildman–Crippen LogP) is 5.71. The van der Waals surface area contributed by atoms with Crippen LogP contribution in [0, 0.1) is 23.2 Å². The third kappa shape index (κ3) is 4.66. The van der Waals surface area contributed by atoms with E-state index in [2.05, 4.69) is 28.5 Å². The highest BCUT2D eigenvalue weighted by Crippen LogP contribution is 2.47. The average Bonchev–Trinajstić information content (AvgIpc) is 3.45. The maximum absolute atomic E-state index is 14.2. The quantitative estimate of drug-likeness (QED) is 0.409. The number of hydrogen-bond acceptors (Lipinski definition) is 5. The largest absolute Gasteiger partial charge is 0.416 e. The minimum Gasteiger partial charge on any atom is -0.320 e. The summed E-state index contributed by atoms with van der Waals surface area (Å²) in [5.74, 6) is 0.353. The molecule has 2 saturated carbocycles. The lowest BCUT2D eigenvalue weighted by molar-refractivity contribution is -0.138. The van der Waals surface area contributed by atoms with Crippen molar-refractivity contribution < 1.29 is 18.0 Å². The molecule has 1 N–H and O–H groups in total. The molecule has 2 fully saturated rings. The summed E-state index contributed by atoms with van der Waals surface area (Å²) in [5.41, 5.74) is 1.20. The van der Waals surface area contributed by atoms with E-state index in [4.69, 9.17) is 0 Å². The lowest BCUT2D eigenvalue weighted by atomic mass is 9.67. The Morgan fingerprint density at radius 3 is 2.62 bits per heavy atom. The number of nitriles is 1. The standard InChI is InChI=1S/C30H31F3N6O/c1-29(7-4-8-29)35-15-19-11-23-24(25(12-19)30(31,32)33)16-39(28(23)40)22-6-3-5-20(13-22)26(21-9-18(10-21)14-34)27-37-36-17-38(27)2/h3,5-6,11-13,17-18,21,26,35H,4,7-10,15-16H2,1-2H3/t18-,21-,26-/m0/s1. The molecule has 0 spiro atoms. The van der Waals surface area contributed by atoms with Crippen LogP contribution in [0.2, 0.25) is 0 Å². The van der Waals surface area contributed by atoms with Crippen molar-refractivity contribution in [2.45, 2.75) is 69.8 Å². The molecule has 3 aromatic rings. The first-order valence-corrected chi connectivity index (χ1v) is 13.7. The number of fused-ring (bicyclic) bond motifs is 1. The molecule has 2 heterocycles. The normalized spacial score (nSPS) is 22.3. The topological polar surface area (TPSA) is 86.8 Å². The van der Waals surface area contributed by atoms with Gasteiger partial charge >= 0.3 is 6.18 Å². The fourth-order valence-corrected chi connectivity index (χ4v) is 6.36. The molecule has 208 valence electrons. The number of rotatable bonds is 7. The Bertz CT molecular complexity index is 1500. The molecule has 40 heavy (non-hydrogen) atoms. The monoisotopic (exact) mass is 548 g/mol. The van der Waals surface area contributed by atoms with Gasteiger partial charge in [0.15, 0.2) is 0 Å². The minimum atomic E-state index is -4.57. The Labute approximate surface area is 231 Å². The van der Waals surface area contributed by atoms with Crippen molar-refractivity contribution in [2.24, 2.45) is 18.9 Å². The minimum absolute atomic E-state index is 0.00470. The van der Waals surface area contributed by atoms with Crippen molar-refractivity contribution in [2.75, 3.05) is 4.90 Å². The van der Waals surface area contributed by atoms with Gasteiger partial charge in [-0.25, -0.2) is 0 Å². The molecule has 1 amide bonds. The van der Waals surface area contributed by atoms with Gasteiger partial charge < -0.3 is 14.8 Å². The number of nitrogens with zero attached hydrogens (tertiary/aromatic N) is 5. The Morgan fingerprint density at radius 2 is 2.00 bits per heavy atom. The summed E-state index contributed by atoms with van der Waals surface area (Å²) in [6.45, 7) is 2.21. The summed E-state index contributed by atoms with van der Waals surface area (Å²) in [7, 11) is 1.86. The van der Waals surface area contributed by atoms with E-state index in [1.807, 2.05) is 29.8 Å². The molecule has 1 aliphatic heterocycles. The van der Waals surface area contributed by atoms with E-state index < -0.39 is 17.6 Å². The van der Waals surface area contributed by atoms with Crippen molar-refractivity contribution in [3.05, 3.63) is 76.4 Å². The van der Waals surface area contributed by atoms with Gasteiger partial charge in [-0.05, 0) is 85.9 Å². The van der Waals surface area contributed by atoms with Crippen LogP contribution < -0.4 is 10.2 Å². The molecule has 1 aromatic heterocycles. The summed E-state index contributed by atoms with van der Waals surface area (Å²) in [5, 5.41) is 21.1. The van der Waals surface area contributed by atoms with Crippen LogP contribution in [0.15, 0.2) is 42.7 Å². The second kappa shape index (κ2) is 9.73. The van der Waals surface area contributed by atoms with Crippen LogP contribution >= 0.6 is 0 Å². The van der Waals surface area contributed by atoms with Crippen molar-refractivity contribution in [3.8, 4) is 6.07 Å². The smallest absolute Gasteiger partial charge is 0.320 e. The number of aryl methyl sites for hydroxylation is 1. The summed E-state index contributed by atoms with van der Waals surface area (Å²) < 4.78 is 44.5. The van der Waals surface area contributed by atoms with Crippen molar-refractivity contribution in [1.82, 2.24) is 20.1 Å². The lowest BCUT2D eigenvalue weighted by Gasteiger charge is -2.39. The fourth-order valence-electron chi connectivity index (χ4n) is 6.36. The molecule has 0 bridgehead atoms. The highest BCUT2D eigenvalue weighted by atomic mass is 19.4. The maximum Gasteiger partial charge on any atom is 0.416 e. The van der Waals surface area contributed by atoms with E-state index in [0.29, 0.717) is 11.3 Å². The number of carbonyl (C=O) groups excluding carboxylic acids is 1. The summed E-state index contributed by atoms with van der Waals surface area (Å²) in [6, 6.07) is 12.5. The maximum atomic E-state index is 14.2. The number of amides is 1. The van der Waals surface area contributed by atoms with Crippen LogP contribution in [-0.4, -0.2) is 26.2 Å². The zero-order valence-corrected chi connectivity index (χ0v) is 22.5. The first-order valence-electron chi connectivity index (χ1n) is 13.7. The van der Waals surface area contributed by atoms with Crippen molar-refractivity contribution in [1.29, 1.82) is 5.26 Å². The van der Waals surface area contributed by atoms with Gasteiger partial charge in [0.2, 0.25) is 0 Å². The lowest BCUT2D eigenvalue weighted by Crippen LogP contribution is -2.47. The first-order chi connectivity index (χ1) is 19.1. The number of halogens is 3. The van der Waals surface area contributed by atoms with Gasteiger partial charge in [-0.15, -0.1) is 10.2 Å². The molecular weight excluding hydrogens is 517 g/mol. The van der Waals surface area contributed by atoms with Crippen LogP contribution in [-0.2, 0) is 26.3 Å². The van der Waals surface area contributed by atoms with Gasteiger partial charge in [-0.1, -0.05) is 12.1 Å². The molecule has 0 unspecified atom stereocenters. The number of nitrogens with one attached hydrogen (secondary N) is 1.